The molecule has 1 amide bonds. The maximum Gasteiger partial charge on any atom is 0.272 e. The monoisotopic (exact) mass is 251 g/mol. The van der Waals surface area contributed by atoms with Gasteiger partial charge in [0.2, 0.25) is 0 Å². The zero-order valence-electron chi connectivity index (χ0n) is 11.2. The molecule has 0 bridgehead atoms. The number of hydrogen-bond acceptors (Lipinski definition) is 4. The summed E-state index contributed by atoms with van der Waals surface area (Å²) in [5.74, 6) is -0.0688. The minimum atomic E-state index is -0.430. The van der Waals surface area contributed by atoms with Crippen LogP contribution in [0, 0.1) is 0 Å². The fraction of sp³-hybridized carbons (Fsp3) is 0.538. The molecule has 1 aromatic heterocycles. The van der Waals surface area contributed by atoms with Crippen LogP contribution < -0.4 is 5.32 Å². The molecule has 1 aromatic rings. The summed E-state index contributed by atoms with van der Waals surface area (Å²) in [7, 11) is 0. The molecule has 100 valence electrons. The van der Waals surface area contributed by atoms with Gasteiger partial charge in [0.15, 0.2) is 0 Å². The molecule has 1 unspecified atom stereocenters. The van der Waals surface area contributed by atoms with Crippen LogP contribution >= 0.6 is 0 Å². The molecule has 1 heterocycles. The Morgan fingerprint density at radius 2 is 2.17 bits per heavy atom. The van der Waals surface area contributed by atoms with Gasteiger partial charge in [-0.2, -0.15) is 0 Å². The molecule has 5 nitrogen and oxygen atoms in total. The van der Waals surface area contributed by atoms with Crippen molar-refractivity contribution in [2.75, 3.05) is 25.0 Å². The van der Waals surface area contributed by atoms with E-state index in [9.17, 15) is 9.90 Å². The zero-order valence-corrected chi connectivity index (χ0v) is 11.2. The second kappa shape index (κ2) is 6.96. The fourth-order valence-corrected chi connectivity index (χ4v) is 1.60. The summed E-state index contributed by atoms with van der Waals surface area (Å²) in [6.07, 6.45) is 1.17. The number of nitrogens with one attached hydrogen (secondary N) is 1. The van der Waals surface area contributed by atoms with Gasteiger partial charge in [0.25, 0.3) is 5.91 Å². The highest BCUT2D eigenvalue weighted by Crippen LogP contribution is 2.10. The summed E-state index contributed by atoms with van der Waals surface area (Å²) in [6.45, 7) is 7.37. The van der Waals surface area contributed by atoms with Gasteiger partial charge in [0, 0.05) is 31.5 Å². The molecule has 0 saturated heterocycles. The zero-order chi connectivity index (χ0) is 13.5. The molecule has 0 radical (unpaired) electrons. The second-order valence-corrected chi connectivity index (χ2v) is 4.14. The van der Waals surface area contributed by atoms with Crippen molar-refractivity contribution >= 4 is 11.6 Å². The van der Waals surface area contributed by atoms with E-state index in [1.54, 1.807) is 30.2 Å². The van der Waals surface area contributed by atoms with Crippen LogP contribution in [0.5, 0.6) is 0 Å². The number of nitrogens with zero attached hydrogens (tertiary/aromatic N) is 2. The molecule has 0 fully saturated rings. The van der Waals surface area contributed by atoms with Crippen LogP contribution in [0.15, 0.2) is 18.3 Å². The van der Waals surface area contributed by atoms with Crippen LogP contribution in [-0.2, 0) is 0 Å². The fourth-order valence-electron chi connectivity index (χ4n) is 1.60. The lowest BCUT2D eigenvalue weighted by atomic mass is 10.2. The molecule has 1 atom stereocenters. The van der Waals surface area contributed by atoms with Gasteiger partial charge < -0.3 is 15.3 Å². The molecule has 1 rings (SSSR count). The first kappa shape index (κ1) is 14.4. The lowest BCUT2D eigenvalue weighted by molar-refractivity contribution is 0.0767. The van der Waals surface area contributed by atoms with E-state index in [4.69, 9.17) is 0 Å². The summed E-state index contributed by atoms with van der Waals surface area (Å²) in [6, 6.07) is 3.49. The molecular weight excluding hydrogens is 230 g/mol. The van der Waals surface area contributed by atoms with Gasteiger partial charge in [0.1, 0.15) is 5.69 Å². The highest BCUT2D eigenvalue weighted by molar-refractivity contribution is 5.93. The summed E-state index contributed by atoms with van der Waals surface area (Å²) in [4.78, 5) is 17.9. The van der Waals surface area contributed by atoms with Crippen LogP contribution in [0.4, 0.5) is 5.69 Å². The molecule has 0 aliphatic rings. The van der Waals surface area contributed by atoms with Crippen molar-refractivity contribution in [1.82, 2.24) is 9.88 Å². The number of hydrogen-bond donors (Lipinski definition) is 2. The number of amides is 1. The maximum atomic E-state index is 12.1. The Hall–Kier alpha value is -1.62. The van der Waals surface area contributed by atoms with E-state index in [1.807, 2.05) is 13.8 Å². The van der Waals surface area contributed by atoms with Crippen LogP contribution in [0.3, 0.4) is 0 Å². The molecule has 0 saturated carbocycles. The van der Waals surface area contributed by atoms with Gasteiger partial charge in [-0.15, -0.1) is 0 Å². The predicted molar refractivity (Wildman–Crippen MR) is 71.7 cm³/mol. The Labute approximate surface area is 108 Å². The molecule has 0 aromatic carbocycles. The van der Waals surface area contributed by atoms with Gasteiger partial charge in [0.05, 0.1) is 6.10 Å². The lowest BCUT2D eigenvalue weighted by Gasteiger charge is -2.18. The van der Waals surface area contributed by atoms with E-state index in [1.165, 1.54) is 0 Å². The normalized spacial score (nSPS) is 12.0. The number of pyridine rings is 1. The summed E-state index contributed by atoms with van der Waals surface area (Å²) in [5, 5.41) is 12.3. The Morgan fingerprint density at radius 1 is 1.50 bits per heavy atom. The first-order chi connectivity index (χ1) is 8.58. The van der Waals surface area contributed by atoms with E-state index in [0.29, 0.717) is 25.3 Å². The average molecular weight is 251 g/mol. The van der Waals surface area contributed by atoms with E-state index in [0.717, 1.165) is 5.69 Å². The van der Waals surface area contributed by atoms with Crippen molar-refractivity contribution in [2.24, 2.45) is 0 Å². The Balaban J connectivity index is 2.78. The molecule has 0 spiro atoms. The van der Waals surface area contributed by atoms with E-state index in [-0.39, 0.29) is 5.91 Å². The van der Waals surface area contributed by atoms with Crippen LogP contribution in [0.25, 0.3) is 0 Å². The highest BCUT2D eigenvalue weighted by Gasteiger charge is 2.14. The number of aliphatic hydroxyl groups is 1. The molecule has 5 heteroatoms. The van der Waals surface area contributed by atoms with Crippen molar-refractivity contribution in [2.45, 2.75) is 26.9 Å². The third kappa shape index (κ3) is 4.00. The van der Waals surface area contributed by atoms with Crippen molar-refractivity contribution in [1.29, 1.82) is 0 Å². The Kier molecular flexibility index (Phi) is 5.58. The van der Waals surface area contributed by atoms with E-state index >= 15 is 0 Å². The third-order valence-corrected chi connectivity index (χ3v) is 2.63. The summed E-state index contributed by atoms with van der Waals surface area (Å²) in [5.41, 5.74) is 1.22. The van der Waals surface area contributed by atoms with Gasteiger partial charge in [-0.25, -0.2) is 0 Å². The number of aliphatic hydroxyl groups excluding tert-OH is 1. The minimum Gasteiger partial charge on any atom is -0.392 e. The standard InChI is InChI=1S/C13H21N3O2/c1-4-16(5-2)13(18)12-8-11(6-7-14-12)15-9-10(3)17/h6-8,10,17H,4-5,9H2,1-3H3,(H,14,15). The number of anilines is 1. The summed E-state index contributed by atoms with van der Waals surface area (Å²) < 4.78 is 0. The smallest absolute Gasteiger partial charge is 0.272 e. The highest BCUT2D eigenvalue weighted by atomic mass is 16.3. The van der Waals surface area contributed by atoms with Crippen LogP contribution in [0.2, 0.25) is 0 Å². The first-order valence-electron chi connectivity index (χ1n) is 6.25. The minimum absolute atomic E-state index is 0.0688. The van der Waals surface area contributed by atoms with Crippen molar-refractivity contribution in [3.63, 3.8) is 0 Å². The van der Waals surface area contributed by atoms with Crippen LogP contribution in [0.1, 0.15) is 31.3 Å². The average Bonchev–Trinajstić information content (AvgIpc) is 2.38. The Morgan fingerprint density at radius 3 is 2.72 bits per heavy atom. The SMILES string of the molecule is CCN(CC)C(=O)c1cc(NCC(C)O)ccn1. The number of carbonyl (C=O) groups is 1. The van der Waals surface area contributed by atoms with Gasteiger partial charge >= 0.3 is 0 Å². The maximum absolute atomic E-state index is 12.1. The Bertz CT molecular complexity index is 390. The van der Waals surface area contributed by atoms with E-state index in [2.05, 4.69) is 10.3 Å². The molecule has 18 heavy (non-hydrogen) atoms. The predicted octanol–water partition coefficient (Wildman–Crippen LogP) is 1.36. The van der Waals surface area contributed by atoms with Crippen molar-refractivity contribution in [3.8, 4) is 0 Å². The van der Waals surface area contributed by atoms with Crippen LogP contribution in [-0.4, -0.2) is 46.6 Å². The second-order valence-electron chi connectivity index (χ2n) is 4.14. The number of aromatic nitrogens is 1. The lowest BCUT2D eigenvalue weighted by Crippen LogP contribution is -2.31. The van der Waals surface area contributed by atoms with Gasteiger partial charge in [-0.1, -0.05) is 0 Å². The number of carbonyl (C=O) groups excluding carboxylic acids is 1. The quantitative estimate of drug-likeness (QED) is 0.801. The van der Waals surface area contributed by atoms with Gasteiger partial charge in [-0.05, 0) is 32.9 Å². The first-order valence-corrected chi connectivity index (χ1v) is 6.25. The van der Waals surface area contributed by atoms with Gasteiger partial charge in [-0.3, -0.25) is 9.78 Å². The van der Waals surface area contributed by atoms with Crippen molar-refractivity contribution in [3.05, 3.63) is 24.0 Å². The molecular formula is C13H21N3O2. The summed E-state index contributed by atoms with van der Waals surface area (Å²) >= 11 is 0. The topological polar surface area (TPSA) is 65.5 Å². The molecule has 0 aliphatic heterocycles. The third-order valence-electron chi connectivity index (χ3n) is 2.63. The van der Waals surface area contributed by atoms with E-state index < -0.39 is 6.10 Å². The number of rotatable bonds is 6. The largest absolute Gasteiger partial charge is 0.392 e. The molecule has 0 aliphatic carbocycles. The van der Waals surface area contributed by atoms with Crippen molar-refractivity contribution < 1.29 is 9.90 Å². The molecule has 2 N–H and O–H groups in total.